The highest BCUT2D eigenvalue weighted by Crippen LogP contribution is 2.34. The average Bonchev–Trinajstić information content (AvgIpc) is 2.57. The van der Waals surface area contributed by atoms with Gasteiger partial charge in [0, 0.05) is 19.6 Å². The Labute approximate surface area is 138 Å². The number of likely N-dealkylation sites (tertiary alicyclic amines) is 1. The predicted molar refractivity (Wildman–Crippen MR) is 89.1 cm³/mol. The van der Waals surface area contributed by atoms with E-state index in [1.807, 2.05) is 24.3 Å². The van der Waals surface area contributed by atoms with Crippen molar-refractivity contribution in [3.8, 4) is 11.5 Å². The predicted octanol–water partition coefficient (Wildman–Crippen LogP) is 3.03. The summed E-state index contributed by atoms with van der Waals surface area (Å²) in [6.07, 6.45) is 5.72. The number of nitrogens with zero attached hydrogens (tertiary/aromatic N) is 1. The molecule has 4 nitrogen and oxygen atoms in total. The zero-order valence-corrected chi connectivity index (χ0v) is 13.8. The summed E-state index contributed by atoms with van der Waals surface area (Å²) in [4.78, 5) is 2.48. The molecule has 1 atom stereocenters. The lowest BCUT2D eigenvalue weighted by atomic mass is 9.87. The van der Waals surface area contributed by atoms with Crippen molar-refractivity contribution in [3.63, 3.8) is 0 Å². The maximum absolute atomic E-state index is 6.10. The van der Waals surface area contributed by atoms with Crippen molar-refractivity contribution in [2.75, 3.05) is 32.8 Å². The third-order valence-corrected chi connectivity index (χ3v) is 5.13. The van der Waals surface area contributed by atoms with Crippen molar-refractivity contribution in [1.82, 2.24) is 4.90 Å². The van der Waals surface area contributed by atoms with Crippen molar-refractivity contribution in [2.45, 2.75) is 37.9 Å². The van der Waals surface area contributed by atoms with Gasteiger partial charge in [0.1, 0.15) is 12.7 Å². The molecule has 1 unspecified atom stereocenters. The minimum absolute atomic E-state index is 0.00461. The van der Waals surface area contributed by atoms with Crippen LogP contribution >= 0.6 is 0 Å². The summed E-state index contributed by atoms with van der Waals surface area (Å²) in [5, 5.41) is 0. The molecule has 4 rings (SSSR count). The van der Waals surface area contributed by atoms with E-state index in [-0.39, 0.29) is 11.7 Å². The van der Waals surface area contributed by atoms with E-state index in [2.05, 4.69) is 17.9 Å². The summed E-state index contributed by atoms with van der Waals surface area (Å²) in [6.45, 7) is 6.78. The molecule has 1 spiro atoms. The molecule has 1 saturated heterocycles. The van der Waals surface area contributed by atoms with Gasteiger partial charge in [0.2, 0.25) is 0 Å². The summed E-state index contributed by atoms with van der Waals surface area (Å²) in [7, 11) is 0. The number of para-hydroxylation sites is 2. The van der Waals surface area contributed by atoms with Crippen molar-refractivity contribution >= 4 is 0 Å². The fourth-order valence-electron chi connectivity index (χ4n) is 3.82. The molecule has 0 bridgehead atoms. The van der Waals surface area contributed by atoms with Gasteiger partial charge in [0.05, 0.1) is 12.2 Å². The maximum atomic E-state index is 6.10. The van der Waals surface area contributed by atoms with Crippen LogP contribution in [0.3, 0.4) is 0 Å². The number of ether oxygens (including phenoxy) is 3. The second kappa shape index (κ2) is 6.17. The highest BCUT2D eigenvalue weighted by Gasteiger charge is 2.36. The summed E-state index contributed by atoms with van der Waals surface area (Å²) in [5.74, 6) is 1.73. The van der Waals surface area contributed by atoms with E-state index in [0.29, 0.717) is 6.61 Å². The van der Waals surface area contributed by atoms with Gasteiger partial charge in [-0.2, -0.15) is 0 Å². The number of benzene rings is 1. The SMILES string of the molecule is CC1=CC2(CCN(CC3COc4ccccc4O3)CC2)OCC1. The van der Waals surface area contributed by atoms with E-state index >= 15 is 0 Å². The summed E-state index contributed by atoms with van der Waals surface area (Å²) >= 11 is 0. The Kier molecular flexibility index (Phi) is 4.04. The van der Waals surface area contributed by atoms with Crippen LogP contribution in [-0.4, -0.2) is 49.5 Å². The number of rotatable bonds is 2. The molecular formula is C19H25NO3. The summed E-state index contributed by atoms with van der Waals surface area (Å²) < 4.78 is 18.0. The fourth-order valence-corrected chi connectivity index (χ4v) is 3.82. The monoisotopic (exact) mass is 315 g/mol. The Morgan fingerprint density at radius 2 is 1.96 bits per heavy atom. The molecule has 0 aromatic heterocycles. The third kappa shape index (κ3) is 3.24. The number of hydrogen-bond acceptors (Lipinski definition) is 4. The van der Waals surface area contributed by atoms with Crippen molar-refractivity contribution in [3.05, 3.63) is 35.9 Å². The largest absolute Gasteiger partial charge is 0.486 e. The number of piperidine rings is 1. The molecule has 0 aliphatic carbocycles. The van der Waals surface area contributed by atoms with Crippen molar-refractivity contribution < 1.29 is 14.2 Å². The Balaban J connectivity index is 1.33. The van der Waals surface area contributed by atoms with Crippen LogP contribution in [0.15, 0.2) is 35.9 Å². The van der Waals surface area contributed by atoms with Crippen LogP contribution in [-0.2, 0) is 4.74 Å². The van der Waals surface area contributed by atoms with E-state index < -0.39 is 0 Å². The highest BCUT2D eigenvalue weighted by atomic mass is 16.6. The first-order valence-electron chi connectivity index (χ1n) is 8.66. The average molecular weight is 315 g/mol. The van der Waals surface area contributed by atoms with Crippen LogP contribution in [0.5, 0.6) is 11.5 Å². The molecule has 0 radical (unpaired) electrons. The van der Waals surface area contributed by atoms with E-state index in [9.17, 15) is 0 Å². The molecule has 0 saturated carbocycles. The lowest BCUT2D eigenvalue weighted by Gasteiger charge is -2.43. The first kappa shape index (κ1) is 15.0. The molecule has 1 aromatic carbocycles. The molecular weight excluding hydrogens is 290 g/mol. The zero-order chi connectivity index (χ0) is 15.7. The standard InChI is InChI=1S/C19H25NO3/c1-15-6-11-22-19(12-15)7-9-20(10-8-19)13-16-14-21-17-4-2-3-5-18(17)23-16/h2-5,12,16H,6-11,13-14H2,1H3. The van der Waals surface area contributed by atoms with E-state index in [1.165, 1.54) is 5.57 Å². The van der Waals surface area contributed by atoms with Crippen LogP contribution in [0.2, 0.25) is 0 Å². The third-order valence-electron chi connectivity index (χ3n) is 5.13. The fraction of sp³-hybridized carbons (Fsp3) is 0.579. The van der Waals surface area contributed by atoms with E-state index in [1.54, 1.807) is 0 Å². The minimum Gasteiger partial charge on any atom is -0.486 e. The molecule has 1 aromatic rings. The van der Waals surface area contributed by atoms with E-state index in [4.69, 9.17) is 14.2 Å². The summed E-state index contributed by atoms with van der Waals surface area (Å²) in [6, 6.07) is 7.91. The minimum atomic E-state index is -0.00461. The van der Waals surface area contributed by atoms with Crippen LogP contribution in [0.1, 0.15) is 26.2 Å². The van der Waals surface area contributed by atoms with Gasteiger partial charge in [0.25, 0.3) is 0 Å². The Morgan fingerprint density at radius 1 is 1.17 bits per heavy atom. The Hall–Kier alpha value is -1.52. The van der Waals surface area contributed by atoms with Gasteiger partial charge in [-0.25, -0.2) is 0 Å². The summed E-state index contributed by atoms with van der Waals surface area (Å²) in [5.41, 5.74) is 1.47. The first-order valence-corrected chi connectivity index (χ1v) is 8.66. The molecule has 3 heterocycles. The van der Waals surface area contributed by atoms with Crippen LogP contribution in [0.25, 0.3) is 0 Å². The topological polar surface area (TPSA) is 30.9 Å². The Morgan fingerprint density at radius 3 is 2.74 bits per heavy atom. The van der Waals surface area contributed by atoms with Gasteiger partial charge in [-0.1, -0.05) is 23.8 Å². The first-order chi connectivity index (χ1) is 11.2. The molecule has 0 N–H and O–H groups in total. The zero-order valence-electron chi connectivity index (χ0n) is 13.8. The second-order valence-electron chi connectivity index (χ2n) is 6.95. The molecule has 3 aliphatic rings. The lowest BCUT2D eigenvalue weighted by molar-refractivity contribution is -0.0624. The van der Waals surface area contributed by atoms with Gasteiger partial charge >= 0.3 is 0 Å². The second-order valence-corrected chi connectivity index (χ2v) is 6.95. The molecule has 3 aliphatic heterocycles. The normalized spacial score (nSPS) is 26.8. The smallest absolute Gasteiger partial charge is 0.161 e. The van der Waals surface area contributed by atoms with Gasteiger partial charge in [-0.05, 0) is 38.3 Å². The van der Waals surface area contributed by atoms with Gasteiger partial charge < -0.3 is 14.2 Å². The number of fused-ring (bicyclic) bond motifs is 1. The van der Waals surface area contributed by atoms with Gasteiger partial charge in [-0.15, -0.1) is 0 Å². The lowest BCUT2D eigenvalue weighted by Crippen LogP contribution is -2.50. The van der Waals surface area contributed by atoms with Crippen LogP contribution in [0.4, 0.5) is 0 Å². The number of hydrogen-bond donors (Lipinski definition) is 0. The van der Waals surface area contributed by atoms with Gasteiger partial charge in [0.15, 0.2) is 11.5 Å². The Bertz CT molecular complexity index is 590. The maximum Gasteiger partial charge on any atom is 0.161 e. The van der Waals surface area contributed by atoms with Crippen LogP contribution in [0, 0.1) is 0 Å². The highest BCUT2D eigenvalue weighted by molar-refractivity contribution is 5.40. The molecule has 0 amide bonds. The molecule has 124 valence electrons. The quantitative estimate of drug-likeness (QED) is 0.785. The van der Waals surface area contributed by atoms with Crippen molar-refractivity contribution in [1.29, 1.82) is 0 Å². The van der Waals surface area contributed by atoms with Gasteiger partial charge in [-0.3, -0.25) is 4.90 Å². The molecule has 23 heavy (non-hydrogen) atoms. The van der Waals surface area contributed by atoms with Crippen LogP contribution < -0.4 is 9.47 Å². The molecule has 1 fully saturated rings. The molecule has 4 heteroatoms. The van der Waals surface area contributed by atoms with E-state index in [0.717, 1.165) is 57.0 Å². The van der Waals surface area contributed by atoms with Crippen molar-refractivity contribution in [2.24, 2.45) is 0 Å².